The van der Waals surface area contributed by atoms with Gasteiger partial charge in [0.2, 0.25) is 0 Å². The Labute approximate surface area is 218 Å². The fourth-order valence-electron chi connectivity index (χ4n) is 7.28. The largest absolute Gasteiger partial charge is 0.455 e. The van der Waals surface area contributed by atoms with E-state index in [1.54, 1.807) is 0 Å². The van der Waals surface area contributed by atoms with E-state index in [2.05, 4.69) is 59.3 Å². The standard InChI is InChI=1S/C33H32N2O2/c1-2-21-20-35-18-16-22(21)19-30(35)32(28-15-17-34-29-14-8-7-11-25(28)29)37-33(36)31-26-12-5-3-9-23(26)24-10-4-6-13-27(24)31/h3-15,17,21-22,30-32H,2,16,18-20H2,1H3/t21-,22+,30+,32-/m0/s1. The molecule has 0 radical (unpaired) electrons. The Balaban J connectivity index is 1.30. The molecule has 3 aromatic carbocycles. The molecule has 4 aliphatic rings. The lowest BCUT2D eigenvalue weighted by molar-refractivity contribution is -0.158. The predicted octanol–water partition coefficient (Wildman–Crippen LogP) is 6.75. The van der Waals surface area contributed by atoms with Crippen molar-refractivity contribution in [2.75, 3.05) is 13.1 Å². The Morgan fingerprint density at radius 3 is 2.38 bits per heavy atom. The SMILES string of the molecule is CC[C@H]1CN2CC[C@@H]1C[C@@H]2[C@@H](OC(=O)C1c2ccccc2-c2ccccc21)c1ccnc2ccccc12. The summed E-state index contributed by atoms with van der Waals surface area (Å²) < 4.78 is 6.69. The number of carbonyl (C=O) groups excluding carboxylic acids is 1. The number of aromatic nitrogens is 1. The predicted molar refractivity (Wildman–Crippen MR) is 146 cm³/mol. The molecule has 0 N–H and O–H groups in total. The first-order valence-electron chi connectivity index (χ1n) is 13.7. The van der Waals surface area contributed by atoms with Crippen LogP contribution >= 0.6 is 0 Å². The molecule has 8 rings (SSSR count). The van der Waals surface area contributed by atoms with Gasteiger partial charge in [-0.2, -0.15) is 0 Å². The Morgan fingerprint density at radius 1 is 0.973 bits per heavy atom. The van der Waals surface area contributed by atoms with Gasteiger partial charge in [0.1, 0.15) is 12.0 Å². The van der Waals surface area contributed by atoms with Gasteiger partial charge in [-0.1, -0.05) is 80.1 Å². The number of esters is 1. The van der Waals surface area contributed by atoms with Gasteiger partial charge in [-0.25, -0.2) is 0 Å². The highest BCUT2D eigenvalue weighted by Gasteiger charge is 2.45. The number of pyridine rings is 1. The number of hydrogen-bond donors (Lipinski definition) is 0. The first-order valence-corrected chi connectivity index (χ1v) is 13.7. The molecule has 4 nitrogen and oxygen atoms in total. The van der Waals surface area contributed by atoms with Crippen molar-refractivity contribution in [1.29, 1.82) is 0 Å². The molecule has 1 aromatic heterocycles. The van der Waals surface area contributed by atoms with Crippen molar-refractivity contribution >= 4 is 16.9 Å². The summed E-state index contributed by atoms with van der Waals surface area (Å²) in [5.41, 5.74) is 6.38. The van der Waals surface area contributed by atoms with Crippen LogP contribution in [0.15, 0.2) is 85.1 Å². The maximum Gasteiger partial charge on any atom is 0.318 e. The lowest BCUT2D eigenvalue weighted by Crippen LogP contribution is -2.55. The minimum atomic E-state index is -0.401. The summed E-state index contributed by atoms with van der Waals surface area (Å²) in [6.45, 7) is 4.49. The lowest BCUT2D eigenvalue weighted by Gasteiger charge is -2.51. The van der Waals surface area contributed by atoms with E-state index < -0.39 is 5.92 Å². The van der Waals surface area contributed by atoms with Crippen molar-refractivity contribution in [3.63, 3.8) is 0 Å². The molecule has 186 valence electrons. The molecule has 5 atom stereocenters. The van der Waals surface area contributed by atoms with Gasteiger partial charge in [0.05, 0.1) is 11.6 Å². The third kappa shape index (κ3) is 3.69. The van der Waals surface area contributed by atoms with E-state index in [1.807, 2.05) is 42.6 Å². The Kier molecular flexibility index (Phi) is 5.58. The van der Waals surface area contributed by atoms with Crippen molar-refractivity contribution in [3.05, 3.63) is 102 Å². The Bertz CT molecular complexity index is 1430. The lowest BCUT2D eigenvalue weighted by atomic mass is 9.72. The molecular weight excluding hydrogens is 456 g/mol. The van der Waals surface area contributed by atoms with Gasteiger partial charge in [0, 0.05) is 23.7 Å². The number of nitrogens with zero attached hydrogens (tertiary/aromatic N) is 2. The van der Waals surface area contributed by atoms with E-state index >= 15 is 0 Å². The summed E-state index contributed by atoms with van der Waals surface area (Å²) >= 11 is 0. The van der Waals surface area contributed by atoms with E-state index in [0.29, 0.717) is 5.92 Å². The number of para-hydroxylation sites is 1. The zero-order chi connectivity index (χ0) is 24.9. The average Bonchev–Trinajstić information content (AvgIpc) is 3.30. The second-order valence-corrected chi connectivity index (χ2v) is 10.9. The van der Waals surface area contributed by atoms with E-state index in [4.69, 9.17) is 4.74 Å². The van der Waals surface area contributed by atoms with Crippen LogP contribution in [0, 0.1) is 11.8 Å². The minimum Gasteiger partial charge on any atom is -0.455 e. The van der Waals surface area contributed by atoms with E-state index in [1.165, 1.54) is 12.8 Å². The highest BCUT2D eigenvalue weighted by Crippen LogP contribution is 2.48. The van der Waals surface area contributed by atoms with Crippen molar-refractivity contribution in [1.82, 2.24) is 9.88 Å². The number of ether oxygens (including phenoxy) is 1. The van der Waals surface area contributed by atoms with Crippen molar-refractivity contribution in [3.8, 4) is 11.1 Å². The van der Waals surface area contributed by atoms with Crippen LogP contribution in [-0.4, -0.2) is 35.0 Å². The number of fused-ring (bicyclic) bond motifs is 7. The molecule has 4 heterocycles. The smallest absolute Gasteiger partial charge is 0.318 e. The van der Waals surface area contributed by atoms with Gasteiger partial charge in [0.15, 0.2) is 0 Å². The molecule has 0 saturated carbocycles. The molecule has 3 aliphatic heterocycles. The normalized spacial score (nSPS) is 25.0. The molecular formula is C33H32N2O2. The summed E-state index contributed by atoms with van der Waals surface area (Å²) in [5, 5.41) is 1.07. The quantitative estimate of drug-likeness (QED) is 0.291. The molecule has 1 aliphatic carbocycles. The summed E-state index contributed by atoms with van der Waals surface area (Å²) in [6.07, 6.45) is 5.07. The maximum absolute atomic E-state index is 14.2. The summed E-state index contributed by atoms with van der Waals surface area (Å²) in [4.78, 5) is 21.4. The molecule has 3 fully saturated rings. The van der Waals surface area contributed by atoms with Gasteiger partial charge in [-0.3, -0.25) is 14.7 Å². The van der Waals surface area contributed by atoms with Crippen molar-refractivity contribution < 1.29 is 9.53 Å². The van der Waals surface area contributed by atoms with Crippen LogP contribution < -0.4 is 0 Å². The van der Waals surface area contributed by atoms with Crippen LogP contribution in [0.5, 0.6) is 0 Å². The fraction of sp³-hybridized carbons (Fsp3) is 0.333. The van der Waals surface area contributed by atoms with Crippen LogP contribution in [0.25, 0.3) is 22.0 Å². The van der Waals surface area contributed by atoms with Gasteiger partial charge >= 0.3 is 5.97 Å². The van der Waals surface area contributed by atoms with Crippen molar-refractivity contribution in [2.24, 2.45) is 11.8 Å². The molecule has 0 amide bonds. The summed E-state index contributed by atoms with van der Waals surface area (Å²) in [5.74, 6) is 0.881. The number of piperidine rings is 3. The summed E-state index contributed by atoms with van der Waals surface area (Å²) in [6, 6.07) is 27.0. The Morgan fingerprint density at radius 2 is 1.68 bits per heavy atom. The molecule has 4 heteroatoms. The van der Waals surface area contributed by atoms with Crippen LogP contribution in [-0.2, 0) is 9.53 Å². The fourth-order valence-corrected chi connectivity index (χ4v) is 7.28. The Hall–Kier alpha value is -3.50. The van der Waals surface area contributed by atoms with E-state index in [0.717, 1.165) is 64.1 Å². The van der Waals surface area contributed by atoms with Gasteiger partial charge in [-0.05, 0) is 65.6 Å². The molecule has 0 spiro atoms. The van der Waals surface area contributed by atoms with Crippen molar-refractivity contribution in [2.45, 2.75) is 44.2 Å². The third-order valence-corrected chi connectivity index (χ3v) is 9.11. The highest BCUT2D eigenvalue weighted by molar-refractivity contribution is 5.94. The monoisotopic (exact) mass is 488 g/mol. The van der Waals surface area contributed by atoms with Crippen LogP contribution in [0.3, 0.4) is 0 Å². The molecule has 3 saturated heterocycles. The zero-order valence-corrected chi connectivity index (χ0v) is 21.2. The molecule has 37 heavy (non-hydrogen) atoms. The number of hydrogen-bond acceptors (Lipinski definition) is 4. The number of carbonyl (C=O) groups is 1. The minimum absolute atomic E-state index is 0.155. The topological polar surface area (TPSA) is 42.4 Å². The third-order valence-electron chi connectivity index (χ3n) is 9.11. The first kappa shape index (κ1) is 22.7. The highest BCUT2D eigenvalue weighted by atomic mass is 16.5. The van der Waals surface area contributed by atoms with Gasteiger partial charge in [-0.15, -0.1) is 0 Å². The molecule has 4 aromatic rings. The first-order chi connectivity index (χ1) is 18.2. The van der Waals surface area contributed by atoms with E-state index in [-0.39, 0.29) is 18.1 Å². The van der Waals surface area contributed by atoms with Gasteiger partial charge in [0.25, 0.3) is 0 Å². The molecule has 1 unspecified atom stereocenters. The number of rotatable bonds is 5. The number of benzene rings is 3. The zero-order valence-electron chi connectivity index (χ0n) is 21.2. The second-order valence-electron chi connectivity index (χ2n) is 10.9. The maximum atomic E-state index is 14.2. The van der Waals surface area contributed by atoms with Crippen LogP contribution in [0.1, 0.15) is 54.9 Å². The van der Waals surface area contributed by atoms with E-state index in [9.17, 15) is 4.79 Å². The second kappa shape index (κ2) is 9.11. The van der Waals surface area contributed by atoms with Crippen LogP contribution in [0.2, 0.25) is 0 Å². The molecule has 2 bridgehead atoms. The average molecular weight is 489 g/mol. The van der Waals surface area contributed by atoms with Crippen LogP contribution in [0.4, 0.5) is 0 Å². The van der Waals surface area contributed by atoms with Gasteiger partial charge < -0.3 is 4.74 Å². The summed E-state index contributed by atoms with van der Waals surface area (Å²) in [7, 11) is 0.